The zero-order valence-corrected chi connectivity index (χ0v) is 15.0. The van der Waals surface area contributed by atoms with Crippen molar-refractivity contribution in [3.8, 4) is 0 Å². The van der Waals surface area contributed by atoms with Crippen molar-refractivity contribution >= 4 is 0 Å². The Balaban J connectivity index is 1.99. The predicted octanol–water partition coefficient (Wildman–Crippen LogP) is 1.72. The Morgan fingerprint density at radius 3 is 1.96 bits per heavy atom. The van der Waals surface area contributed by atoms with Crippen LogP contribution in [0.15, 0.2) is 0 Å². The van der Waals surface area contributed by atoms with Gasteiger partial charge >= 0.3 is 0 Å². The van der Waals surface area contributed by atoms with Crippen LogP contribution in [-0.4, -0.2) is 64.3 Å². The number of aliphatic hydroxyl groups is 4. The lowest BCUT2D eigenvalue weighted by Gasteiger charge is -2.18. The van der Waals surface area contributed by atoms with E-state index in [2.05, 4.69) is 6.92 Å². The lowest BCUT2D eigenvalue weighted by molar-refractivity contribution is -0.181. The van der Waals surface area contributed by atoms with Gasteiger partial charge in [-0.3, -0.25) is 0 Å². The molecule has 1 saturated heterocycles. The molecule has 1 rings (SSSR count). The standard InChI is InChI=1S/C18H36O6/c1-2-3-4-5-6-7-8-9-10-11-12-23-18-16(22)15(21)17(24-18)14(20)13-19/h14-22H,2-13H2,1H3/t14-,15-,16-,17-,18+/m1/s1. The van der Waals surface area contributed by atoms with Gasteiger partial charge < -0.3 is 29.9 Å². The molecule has 0 saturated carbocycles. The third-order valence-corrected chi connectivity index (χ3v) is 4.60. The average molecular weight is 348 g/mol. The molecule has 0 unspecified atom stereocenters. The van der Waals surface area contributed by atoms with Crippen LogP contribution in [0.2, 0.25) is 0 Å². The molecule has 0 bridgehead atoms. The Bertz CT molecular complexity index is 301. The van der Waals surface area contributed by atoms with Crippen LogP contribution < -0.4 is 0 Å². The second kappa shape index (κ2) is 13.0. The summed E-state index contributed by atoms with van der Waals surface area (Å²) >= 11 is 0. The third-order valence-electron chi connectivity index (χ3n) is 4.60. The van der Waals surface area contributed by atoms with E-state index >= 15 is 0 Å². The molecular formula is C18H36O6. The third kappa shape index (κ3) is 7.76. The molecule has 1 heterocycles. The molecule has 0 aliphatic carbocycles. The molecule has 0 amide bonds. The van der Waals surface area contributed by atoms with Gasteiger partial charge in [0.05, 0.1) is 6.61 Å². The molecule has 0 radical (unpaired) electrons. The predicted molar refractivity (Wildman–Crippen MR) is 91.6 cm³/mol. The fraction of sp³-hybridized carbons (Fsp3) is 1.00. The molecule has 0 spiro atoms. The zero-order chi connectivity index (χ0) is 17.8. The fourth-order valence-corrected chi connectivity index (χ4v) is 3.02. The van der Waals surface area contributed by atoms with Crippen molar-refractivity contribution in [3.05, 3.63) is 0 Å². The highest BCUT2D eigenvalue weighted by Gasteiger charge is 2.46. The molecule has 0 aromatic rings. The van der Waals surface area contributed by atoms with Gasteiger partial charge in [-0.2, -0.15) is 0 Å². The van der Waals surface area contributed by atoms with Crippen LogP contribution in [0, 0.1) is 0 Å². The van der Waals surface area contributed by atoms with Crippen molar-refractivity contribution < 1.29 is 29.9 Å². The monoisotopic (exact) mass is 348 g/mol. The molecule has 4 N–H and O–H groups in total. The van der Waals surface area contributed by atoms with E-state index in [-0.39, 0.29) is 0 Å². The van der Waals surface area contributed by atoms with E-state index in [1.807, 2.05) is 0 Å². The van der Waals surface area contributed by atoms with Gasteiger partial charge in [-0.1, -0.05) is 64.7 Å². The first-order valence-corrected chi connectivity index (χ1v) is 9.54. The second-order valence-electron chi connectivity index (χ2n) is 6.75. The van der Waals surface area contributed by atoms with Crippen LogP contribution in [0.5, 0.6) is 0 Å². The number of unbranched alkanes of at least 4 members (excludes halogenated alkanes) is 9. The molecule has 24 heavy (non-hydrogen) atoms. The first-order valence-electron chi connectivity index (χ1n) is 9.54. The number of hydrogen-bond acceptors (Lipinski definition) is 6. The summed E-state index contributed by atoms with van der Waals surface area (Å²) < 4.78 is 10.8. The minimum absolute atomic E-state index is 0.451. The van der Waals surface area contributed by atoms with Crippen LogP contribution >= 0.6 is 0 Å². The van der Waals surface area contributed by atoms with E-state index in [1.54, 1.807) is 0 Å². The lowest BCUT2D eigenvalue weighted by atomic mass is 10.1. The maximum atomic E-state index is 9.84. The van der Waals surface area contributed by atoms with Crippen molar-refractivity contribution in [1.82, 2.24) is 0 Å². The van der Waals surface area contributed by atoms with Gasteiger partial charge in [0.25, 0.3) is 0 Å². The minimum Gasteiger partial charge on any atom is -0.394 e. The first kappa shape index (κ1) is 21.8. The van der Waals surface area contributed by atoms with Gasteiger partial charge in [0.15, 0.2) is 6.29 Å². The molecule has 5 atom stereocenters. The molecule has 6 nitrogen and oxygen atoms in total. The zero-order valence-electron chi connectivity index (χ0n) is 15.0. The topological polar surface area (TPSA) is 99.4 Å². The minimum atomic E-state index is -1.25. The Hall–Kier alpha value is -0.240. The van der Waals surface area contributed by atoms with Crippen LogP contribution in [0.25, 0.3) is 0 Å². The van der Waals surface area contributed by atoms with Crippen LogP contribution in [-0.2, 0) is 9.47 Å². The van der Waals surface area contributed by atoms with Crippen LogP contribution in [0.3, 0.4) is 0 Å². The summed E-state index contributed by atoms with van der Waals surface area (Å²) in [5, 5.41) is 38.0. The van der Waals surface area contributed by atoms with E-state index in [0.717, 1.165) is 12.8 Å². The largest absolute Gasteiger partial charge is 0.394 e. The summed E-state index contributed by atoms with van der Waals surface area (Å²) in [5.74, 6) is 0. The van der Waals surface area contributed by atoms with Crippen LogP contribution in [0.4, 0.5) is 0 Å². The Labute approximate surface area is 145 Å². The molecule has 0 aromatic heterocycles. The van der Waals surface area contributed by atoms with Gasteiger partial charge in [-0.25, -0.2) is 0 Å². The molecule has 0 aromatic carbocycles. The van der Waals surface area contributed by atoms with Gasteiger partial charge in [-0.05, 0) is 6.42 Å². The molecule has 6 heteroatoms. The van der Waals surface area contributed by atoms with Crippen molar-refractivity contribution in [1.29, 1.82) is 0 Å². The number of rotatable bonds is 14. The van der Waals surface area contributed by atoms with E-state index in [9.17, 15) is 15.3 Å². The quantitative estimate of drug-likeness (QED) is 0.357. The number of aliphatic hydroxyl groups excluding tert-OH is 4. The molecule has 144 valence electrons. The van der Waals surface area contributed by atoms with Crippen molar-refractivity contribution in [2.45, 2.75) is 102 Å². The highest BCUT2D eigenvalue weighted by molar-refractivity contribution is 4.90. The van der Waals surface area contributed by atoms with E-state index in [0.29, 0.717) is 6.61 Å². The molecule has 1 aliphatic rings. The summed E-state index contributed by atoms with van der Waals surface area (Å²) in [6.45, 7) is 2.15. The van der Waals surface area contributed by atoms with Crippen molar-refractivity contribution in [2.24, 2.45) is 0 Å². The summed E-state index contributed by atoms with van der Waals surface area (Å²) in [6, 6.07) is 0. The second-order valence-corrected chi connectivity index (χ2v) is 6.75. The maximum Gasteiger partial charge on any atom is 0.186 e. The Morgan fingerprint density at radius 1 is 0.875 bits per heavy atom. The average Bonchev–Trinajstić information content (AvgIpc) is 2.87. The lowest BCUT2D eigenvalue weighted by Crippen LogP contribution is -2.40. The van der Waals surface area contributed by atoms with Gasteiger partial charge in [-0.15, -0.1) is 0 Å². The fourth-order valence-electron chi connectivity index (χ4n) is 3.02. The first-order chi connectivity index (χ1) is 11.6. The maximum absolute atomic E-state index is 9.84. The smallest absolute Gasteiger partial charge is 0.186 e. The summed E-state index contributed by atoms with van der Waals surface area (Å²) in [7, 11) is 0. The van der Waals surface area contributed by atoms with Gasteiger partial charge in [0.1, 0.15) is 24.4 Å². The van der Waals surface area contributed by atoms with Crippen molar-refractivity contribution in [2.75, 3.05) is 13.2 Å². The molecule has 1 aliphatic heterocycles. The van der Waals surface area contributed by atoms with Gasteiger partial charge in [0.2, 0.25) is 0 Å². The van der Waals surface area contributed by atoms with Crippen molar-refractivity contribution in [3.63, 3.8) is 0 Å². The van der Waals surface area contributed by atoms with Crippen LogP contribution in [0.1, 0.15) is 71.1 Å². The Morgan fingerprint density at radius 2 is 1.42 bits per heavy atom. The van der Waals surface area contributed by atoms with Gasteiger partial charge in [0, 0.05) is 6.61 Å². The van der Waals surface area contributed by atoms with E-state index in [1.165, 1.54) is 51.4 Å². The molecular weight excluding hydrogens is 312 g/mol. The summed E-state index contributed by atoms with van der Waals surface area (Å²) in [4.78, 5) is 0. The number of ether oxygens (including phenoxy) is 2. The highest BCUT2D eigenvalue weighted by Crippen LogP contribution is 2.24. The number of hydrogen-bond donors (Lipinski definition) is 4. The Kier molecular flexibility index (Phi) is 11.8. The summed E-state index contributed by atoms with van der Waals surface area (Å²) in [6.07, 6.45) is 6.72. The van der Waals surface area contributed by atoms with E-state index < -0.39 is 37.3 Å². The SMILES string of the molecule is CCCCCCCCCCCCO[C@H]1O[C@H]([C@H](O)CO)[C@H](O)[C@H]1O. The molecule has 1 fully saturated rings. The summed E-state index contributed by atoms with van der Waals surface area (Å²) in [5.41, 5.74) is 0. The highest BCUT2D eigenvalue weighted by atomic mass is 16.7. The normalized spacial score (nSPS) is 28.4. The van der Waals surface area contributed by atoms with E-state index in [4.69, 9.17) is 14.6 Å².